The summed E-state index contributed by atoms with van der Waals surface area (Å²) in [4.78, 5) is 23.7. The number of ether oxygens (including phenoxy) is 2. The van der Waals surface area contributed by atoms with Gasteiger partial charge in [0.2, 0.25) is 0 Å². The molecule has 6 heteroatoms. The second-order valence-corrected chi connectivity index (χ2v) is 6.50. The topological polar surface area (TPSA) is 88.4 Å². The lowest BCUT2D eigenvalue weighted by Crippen LogP contribution is -2.45. The monoisotopic (exact) mass is 344 g/mol. The number of nitrogens with one attached hydrogen (secondary N) is 1. The Kier molecular flexibility index (Phi) is 6.81. The van der Waals surface area contributed by atoms with Crippen LogP contribution >= 0.6 is 0 Å². The molecule has 0 radical (unpaired) electrons. The van der Waals surface area contributed by atoms with Gasteiger partial charge in [0.15, 0.2) is 13.2 Å². The highest BCUT2D eigenvalue weighted by atomic mass is 16.6. The highest BCUT2D eigenvalue weighted by Crippen LogP contribution is 2.29. The maximum atomic E-state index is 12.0. The van der Waals surface area contributed by atoms with Crippen molar-refractivity contribution in [1.82, 2.24) is 5.32 Å². The van der Waals surface area contributed by atoms with Crippen molar-refractivity contribution < 1.29 is 19.1 Å². The minimum absolute atomic E-state index is 0.133. The van der Waals surface area contributed by atoms with Crippen LogP contribution in [0.25, 0.3) is 0 Å². The maximum Gasteiger partial charge on any atom is 0.344 e. The highest BCUT2D eigenvalue weighted by Gasteiger charge is 2.28. The molecule has 1 saturated carbocycles. The van der Waals surface area contributed by atoms with E-state index in [1.165, 1.54) is 6.42 Å². The van der Waals surface area contributed by atoms with Crippen LogP contribution in [0, 0.1) is 23.2 Å². The number of rotatable bonds is 6. The zero-order valence-electron chi connectivity index (χ0n) is 14.7. The molecule has 0 aromatic heterocycles. The Morgan fingerprint density at radius 1 is 1.24 bits per heavy atom. The zero-order chi connectivity index (χ0) is 18.2. The number of carbonyl (C=O) groups is 2. The van der Waals surface area contributed by atoms with Crippen molar-refractivity contribution >= 4 is 11.9 Å². The molecule has 1 aromatic rings. The van der Waals surface area contributed by atoms with Crippen LogP contribution in [-0.4, -0.2) is 31.1 Å². The number of amides is 1. The SMILES string of the molecule is C[C@H]1[C@@H](NC(=O)COC(=O)COc2ccccc2C#N)CCC[C@@H]1C. The number of carbonyl (C=O) groups excluding carboxylic acids is 2. The fraction of sp³-hybridized carbons (Fsp3) is 0.526. The minimum Gasteiger partial charge on any atom is -0.481 e. The summed E-state index contributed by atoms with van der Waals surface area (Å²) in [7, 11) is 0. The molecule has 0 unspecified atom stereocenters. The van der Waals surface area contributed by atoms with Crippen LogP contribution in [0.1, 0.15) is 38.7 Å². The van der Waals surface area contributed by atoms with Gasteiger partial charge in [-0.05, 0) is 30.4 Å². The van der Waals surface area contributed by atoms with Crippen LogP contribution in [-0.2, 0) is 14.3 Å². The average Bonchev–Trinajstić information content (AvgIpc) is 2.62. The van der Waals surface area contributed by atoms with E-state index in [1.54, 1.807) is 24.3 Å². The summed E-state index contributed by atoms with van der Waals surface area (Å²) in [6.45, 7) is 3.67. The summed E-state index contributed by atoms with van der Waals surface area (Å²) >= 11 is 0. The molecule has 134 valence electrons. The van der Waals surface area contributed by atoms with Gasteiger partial charge in [-0.1, -0.05) is 38.8 Å². The summed E-state index contributed by atoms with van der Waals surface area (Å²) in [5.41, 5.74) is 0.341. The fourth-order valence-corrected chi connectivity index (χ4v) is 3.04. The van der Waals surface area contributed by atoms with E-state index in [1.807, 2.05) is 6.07 Å². The average molecular weight is 344 g/mol. The molecule has 0 heterocycles. The van der Waals surface area contributed by atoms with E-state index in [0.29, 0.717) is 23.1 Å². The third kappa shape index (κ3) is 5.49. The second-order valence-electron chi connectivity index (χ2n) is 6.50. The number of benzene rings is 1. The molecule has 1 aliphatic carbocycles. The van der Waals surface area contributed by atoms with Crippen molar-refractivity contribution in [2.75, 3.05) is 13.2 Å². The molecule has 3 atom stereocenters. The lowest BCUT2D eigenvalue weighted by atomic mass is 9.78. The summed E-state index contributed by atoms with van der Waals surface area (Å²) in [6, 6.07) is 8.73. The first kappa shape index (κ1) is 18.8. The van der Waals surface area contributed by atoms with Crippen LogP contribution in [0.5, 0.6) is 5.75 Å². The molecule has 2 rings (SSSR count). The lowest BCUT2D eigenvalue weighted by Gasteiger charge is -2.34. The molecule has 0 saturated heterocycles. The van der Waals surface area contributed by atoms with E-state index in [-0.39, 0.29) is 25.2 Å². The van der Waals surface area contributed by atoms with E-state index >= 15 is 0 Å². The predicted octanol–water partition coefficient (Wildman–Crippen LogP) is 2.42. The van der Waals surface area contributed by atoms with Gasteiger partial charge in [-0.3, -0.25) is 4.79 Å². The van der Waals surface area contributed by atoms with Crippen LogP contribution < -0.4 is 10.1 Å². The predicted molar refractivity (Wildman–Crippen MR) is 91.7 cm³/mol. The summed E-state index contributed by atoms with van der Waals surface area (Å²) < 4.78 is 10.2. The number of esters is 1. The normalized spacial score (nSPS) is 22.5. The van der Waals surface area contributed by atoms with Crippen molar-refractivity contribution in [3.8, 4) is 11.8 Å². The number of hydrogen-bond donors (Lipinski definition) is 1. The molecular formula is C19H24N2O4. The van der Waals surface area contributed by atoms with Crippen molar-refractivity contribution in [2.45, 2.75) is 39.2 Å². The van der Waals surface area contributed by atoms with Crippen LogP contribution in [0.4, 0.5) is 0 Å². The molecule has 1 amide bonds. The molecule has 1 fully saturated rings. The van der Waals surface area contributed by atoms with Crippen LogP contribution in [0.15, 0.2) is 24.3 Å². The first-order chi connectivity index (χ1) is 12.0. The third-order valence-electron chi connectivity index (χ3n) is 4.77. The van der Waals surface area contributed by atoms with Gasteiger partial charge >= 0.3 is 5.97 Å². The standard InChI is InChI=1S/C19H24N2O4/c1-13-6-5-8-16(14(13)2)21-18(22)11-25-19(23)12-24-17-9-4-3-7-15(17)10-20/h3-4,7,9,13-14,16H,5-6,8,11-12H2,1-2H3,(H,21,22)/t13-,14+,16-/m0/s1. The summed E-state index contributed by atoms with van der Waals surface area (Å²) in [6.07, 6.45) is 3.24. The Bertz CT molecular complexity index is 653. The smallest absolute Gasteiger partial charge is 0.344 e. The number of nitriles is 1. The van der Waals surface area contributed by atoms with Gasteiger partial charge in [-0.25, -0.2) is 4.79 Å². The summed E-state index contributed by atoms with van der Waals surface area (Å²) in [5.74, 6) is 0.371. The van der Waals surface area contributed by atoms with Crippen molar-refractivity contribution in [3.63, 3.8) is 0 Å². The van der Waals surface area contributed by atoms with E-state index in [2.05, 4.69) is 19.2 Å². The lowest BCUT2D eigenvalue weighted by molar-refractivity contribution is -0.150. The highest BCUT2D eigenvalue weighted by molar-refractivity contribution is 5.81. The Balaban J connectivity index is 1.72. The minimum atomic E-state index is -0.645. The van der Waals surface area contributed by atoms with Gasteiger partial charge < -0.3 is 14.8 Å². The van der Waals surface area contributed by atoms with Gasteiger partial charge in [0.05, 0.1) is 5.56 Å². The Morgan fingerprint density at radius 3 is 2.76 bits per heavy atom. The Labute approximate surface area is 148 Å². The molecule has 1 N–H and O–H groups in total. The Hall–Kier alpha value is -2.55. The van der Waals surface area contributed by atoms with Crippen molar-refractivity contribution in [2.24, 2.45) is 11.8 Å². The van der Waals surface area contributed by atoms with Gasteiger partial charge in [-0.15, -0.1) is 0 Å². The zero-order valence-corrected chi connectivity index (χ0v) is 14.7. The van der Waals surface area contributed by atoms with Gasteiger partial charge in [0.1, 0.15) is 11.8 Å². The van der Waals surface area contributed by atoms with Crippen molar-refractivity contribution in [3.05, 3.63) is 29.8 Å². The molecule has 1 aliphatic rings. The van der Waals surface area contributed by atoms with E-state index < -0.39 is 5.97 Å². The largest absolute Gasteiger partial charge is 0.481 e. The summed E-state index contributed by atoms with van der Waals surface area (Å²) in [5, 5.41) is 11.9. The molecule has 0 bridgehead atoms. The van der Waals surface area contributed by atoms with Crippen LogP contribution in [0.2, 0.25) is 0 Å². The van der Waals surface area contributed by atoms with E-state index in [4.69, 9.17) is 14.7 Å². The Morgan fingerprint density at radius 2 is 2.00 bits per heavy atom. The number of hydrogen-bond acceptors (Lipinski definition) is 5. The van der Waals surface area contributed by atoms with Crippen molar-refractivity contribution in [1.29, 1.82) is 5.26 Å². The van der Waals surface area contributed by atoms with Gasteiger partial charge in [-0.2, -0.15) is 5.26 Å². The van der Waals surface area contributed by atoms with E-state index in [0.717, 1.165) is 12.8 Å². The van der Waals surface area contributed by atoms with Gasteiger partial charge in [0, 0.05) is 6.04 Å². The first-order valence-electron chi connectivity index (χ1n) is 8.58. The maximum absolute atomic E-state index is 12.0. The molecule has 25 heavy (non-hydrogen) atoms. The number of para-hydroxylation sites is 1. The van der Waals surface area contributed by atoms with Gasteiger partial charge in [0.25, 0.3) is 5.91 Å². The molecular weight excluding hydrogens is 320 g/mol. The van der Waals surface area contributed by atoms with E-state index in [9.17, 15) is 9.59 Å². The fourth-order valence-electron chi connectivity index (χ4n) is 3.04. The quantitative estimate of drug-likeness (QED) is 0.801. The molecule has 0 spiro atoms. The molecule has 6 nitrogen and oxygen atoms in total. The second kappa shape index (κ2) is 9.07. The first-order valence-corrected chi connectivity index (χ1v) is 8.58. The van der Waals surface area contributed by atoms with Crippen LogP contribution in [0.3, 0.4) is 0 Å². The third-order valence-corrected chi connectivity index (χ3v) is 4.77. The molecule has 1 aromatic carbocycles. The molecule has 0 aliphatic heterocycles. The number of nitrogens with zero attached hydrogens (tertiary/aromatic N) is 1.